The quantitative estimate of drug-likeness (QED) is 0.586. The van der Waals surface area contributed by atoms with Crippen LogP contribution in [0.25, 0.3) is 0 Å². The van der Waals surface area contributed by atoms with Crippen LogP contribution in [0.1, 0.15) is 25.8 Å². The van der Waals surface area contributed by atoms with Crippen LogP contribution < -0.4 is 0 Å². The molecule has 2 rings (SSSR count). The number of hydrogen-bond donors (Lipinski definition) is 0. The summed E-state index contributed by atoms with van der Waals surface area (Å²) in [5.41, 5.74) is 1.54. The Kier molecular flexibility index (Phi) is 4.23. The molecular weight excluding hydrogens is 164 g/mol. The van der Waals surface area contributed by atoms with Crippen molar-refractivity contribution in [2.45, 2.75) is 31.6 Å². The molecule has 0 saturated carbocycles. The van der Waals surface area contributed by atoms with Crippen molar-refractivity contribution in [2.24, 2.45) is 0 Å². The Labute approximate surface area is 79.4 Å². The van der Waals surface area contributed by atoms with Crippen LogP contribution in [-0.2, 0) is 6.42 Å². The molecule has 1 heteroatoms. The summed E-state index contributed by atoms with van der Waals surface area (Å²) in [7, 11) is 0. The van der Waals surface area contributed by atoms with E-state index in [1.54, 1.807) is 5.56 Å². The Morgan fingerprint density at radius 1 is 1.17 bits per heavy atom. The molecule has 1 aromatic rings. The normalized spacial score (nSPS) is 14.2. The largest absolute Gasteiger partial charge is 0.126 e. The smallest absolute Gasteiger partial charge is 0.0104 e. The molecule has 0 saturated heterocycles. The van der Waals surface area contributed by atoms with Crippen LogP contribution in [0.2, 0.25) is 0 Å². The maximum atomic E-state index is 2.24. The van der Waals surface area contributed by atoms with Crippen molar-refractivity contribution < 1.29 is 0 Å². The fourth-order valence-corrected chi connectivity index (χ4v) is 2.33. The van der Waals surface area contributed by atoms with E-state index in [2.05, 4.69) is 24.3 Å². The zero-order chi connectivity index (χ0) is 8.81. The molecule has 0 amide bonds. The van der Waals surface area contributed by atoms with Crippen molar-refractivity contribution in [3.63, 3.8) is 0 Å². The number of thioether (sulfide) groups is 1. The second-order valence-electron chi connectivity index (χ2n) is 2.56. The van der Waals surface area contributed by atoms with Gasteiger partial charge in [0.25, 0.3) is 0 Å². The highest BCUT2D eigenvalue weighted by Gasteiger charge is 2.06. The molecule has 0 radical (unpaired) electrons. The van der Waals surface area contributed by atoms with Crippen molar-refractivity contribution in [1.82, 2.24) is 0 Å². The first-order valence-corrected chi connectivity index (χ1v) is 5.66. The summed E-state index contributed by atoms with van der Waals surface area (Å²) in [6.45, 7) is 4.00. The average molecular weight is 180 g/mol. The third-order valence-electron chi connectivity index (χ3n) is 1.82. The molecule has 1 aliphatic rings. The first kappa shape index (κ1) is 9.66. The minimum Gasteiger partial charge on any atom is -0.126 e. The highest BCUT2D eigenvalue weighted by molar-refractivity contribution is 7.99. The lowest BCUT2D eigenvalue weighted by molar-refractivity contribution is 0.890. The van der Waals surface area contributed by atoms with Gasteiger partial charge in [-0.25, -0.2) is 0 Å². The molecule has 0 unspecified atom stereocenters. The van der Waals surface area contributed by atoms with E-state index in [0.29, 0.717) is 0 Å². The van der Waals surface area contributed by atoms with E-state index in [9.17, 15) is 0 Å². The minimum atomic E-state index is 1.28. The molecule has 66 valence electrons. The first-order valence-electron chi connectivity index (χ1n) is 4.67. The lowest BCUT2D eigenvalue weighted by Crippen LogP contribution is -1.96. The van der Waals surface area contributed by atoms with Gasteiger partial charge >= 0.3 is 0 Å². The molecule has 1 heterocycles. The molecule has 1 aromatic carbocycles. The second kappa shape index (κ2) is 5.26. The number of rotatable bonds is 0. The Morgan fingerprint density at radius 2 is 1.92 bits per heavy atom. The van der Waals surface area contributed by atoms with Crippen molar-refractivity contribution in [3.8, 4) is 0 Å². The highest BCUT2D eigenvalue weighted by Crippen LogP contribution is 2.28. The Hall–Kier alpha value is -0.430. The fourth-order valence-electron chi connectivity index (χ4n) is 1.30. The maximum absolute atomic E-state index is 2.24. The van der Waals surface area contributed by atoms with Gasteiger partial charge in [-0.1, -0.05) is 32.0 Å². The van der Waals surface area contributed by atoms with Crippen LogP contribution >= 0.6 is 11.8 Å². The Balaban J connectivity index is 0.000000336. The van der Waals surface area contributed by atoms with Crippen molar-refractivity contribution in [1.29, 1.82) is 0 Å². The standard InChI is InChI=1S/C9H10S.C2H6/c1-2-6-9-8(4-1)5-3-7-10-9;1-2/h1-2,4,6H,3,5,7H2;1-2H3. The van der Waals surface area contributed by atoms with E-state index in [1.807, 2.05) is 25.6 Å². The number of hydrogen-bond acceptors (Lipinski definition) is 1. The SMILES string of the molecule is CC.c1ccc2c(c1)CCCS2. The lowest BCUT2D eigenvalue weighted by Gasteiger charge is -2.13. The van der Waals surface area contributed by atoms with E-state index >= 15 is 0 Å². The summed E-state index contributed by atoms with van der Waals surface area (Å²) in [4.78, 5) is 1.49. The number of fused-ring (bicyclic) bond motifs is 1. The van der Waals surface area contributed by atoms with Gasteiger partial charge in [0.05, 0.1) is 0 Å². The van der Waals surface area contributed by atoms with Crippen molar-refractivity contribution >= 4 is 11.8 Å². The van der Waals surface area contributed by atoms with Crippen LogP contribution in [0.3, 0.4) is 0 Å². The third-order valence-corrected chi connectivity index (χ3v) is 3.02. The summed E-state index contributed by atoms with van der Waals surface area (Å²) < 4.78 is 0. The Morgan fingerprint density at radius 3 is 2.67 bits per heavy atom. The van der Waals surface area contributed by atoms with E-state index in [1.165, 1.54) is 23.5 Å². The van der Waals surface area contributed by atoms with Crippen molar-refractivity contribution in [3.05, 3.63) is 29.8 Å². The summed E-state index contributed by atoms with van der Waals surface area (Å²) in [5.74, 6) is 1.30. The molecule has 0 N–H and O–H groups in total. The Bertz CT molecular complexity index is 205. The van der Waals surface area contributed by atoms with Gasteiger partial charge in [-0.05, 0) is 30.2 Å². The summed E-state index contributed by atoms with van der Waals surface area (Å²) in [6.07, 6.45) is 2.63. The van der Waals surface area contributed by atoms with Crippen LogP contribution in [0, 0.1) is 0 Å². The molecule has 0 fully saturated rings. The van der Waals surface area contributed by atoms with E-state index < -0.39 is 0 Å². The highest BCUT2D eigenvalue weighted by atomic mass is 32.2. The molecule has 0 atom stereocenters. The van der Waals surface area contributed by atoms with Gasteiger partial charge in [-0.3, -0.25) is 0 Å². The molecule has 0 aromatic heterocycles. The van der Waals surface area contributed by atoms with Crippen molar-refractivity contribution in [2.75, 3.05) is 5.75 Å². The number of benzene rings is 1. The summed E-state index contributed by atoms with van der Waals surface area (Å²) >= 11 is 1.99. The molecular formula is C11H16S. The van der Waals surface area contributed by atoms with Crippen LogP contribution in [0.4, 0.5) is 0 Å². The maximum Gasteiger partial charge on any atom is 0.0104 e. The zero-order valence-corrected chi connectivity index (χ0v) is 8.66. The van der Waals surface area contributed by atoms with E-state index in [0.717, 1.165) is 0 Å². The van der Waals surface area contributed by atoms with Crippen LogP contribution in [0.15, 0.2) is 29.2 Å². The van der Waals surface area contributed by atoms with Gasteiger partial charge in [0.15, 0.2) is 0 Å². The van der Waals surface area contributed by atoms with Gasteiger partial charge in [-0.15, -0.1) is 11.8 Å². The summed E-state index contributed by atoms with van der Waals surface area (Å²) in [6, 6.07) is 8.71. The molecule has 0 spiro atoms. The predicted molar refractivity (Wildman–Crippen MR) is 56.8 cm³/mol. The summed E-state index contributed by atoms with van der Waals surface area (Å²) in [5, 5.41) is 0. The van der Waals surface area contributed by atoms with E-state index in [4.69, 9.17) is 0 Å². The minimum absolute atomic E-state index is 1.28. The third kappa shape index (κ3) is 2.28. The van der Waals surface area contributed by atoms with Gasteiger partial charge in [0.1, 0.15) is 0 Å². The monoisotopic (exact) mass is 180 g/mol. The second-order valence-corrected chi connectivity index (χ2v) is 3.70. The molecule has 0 bridgehead atoms. The fraction of sp³-hybridized carbons (Fsp3) is 0.455. The van der Waals surface area contributed by atoms with Gasteiger partial charge in [0.2, 0.25) is 0 Å². The van der Waals surface area contributed by atoms with Gasteiger partial charge < -0.3 is 0 Å². The molecule has 1 aliphatic heterocycles. The first-order chi connectivity index (χ1) is 5.97. The molecule has 0 nitrogen and oxygen atoms in total. The van der Waals surface area contributed by atoms with Gasteiger partial charge in [0, 0.05) is 4.90 Å². The predicted octanol–water partition coefficient (Wildman–Crippen LogP) is 3.75. The van der Waals surface area contributed by atoms with Crippen LogP contribution in [-0.4, -0.2) is 5.75 Å². The van der Waals surface area contributed by atoms with Crippen LogP contribution in [0.5, 0.6) is 0 Å². The van der Waals surface area contributed by atoms with E-state index in [-0.39, 0.29) is 0 Å². The number of aryl methyl sites for hydroxylation is 1. The average Bonchev–Trinajstić information content (AvgIpc) is 2.21. The van der Waals surface area contributed by atoms with Gasteiger partial charge in [-0.2, -0.15) is 0 Å². The topological polar surface area (TPSA) is 0 Å². The molecule has 0 aliphatic carbocycles. The molecule has 12 heavy (non-hydrogen) atoms. The zero-order valence-electron chi connectivity index (χ0n) is 7.84. The lowest BCUT2D eigenvalue weighted by atomic mass is 10.1.